The van der Waals surface area contributed by atoms with E-state index in [1.54, 1.807) is 0 Å². The lowest BCUT2D eigenvalue weighted by atomic mass is 10.2. The highest BCUT2D eigenvalue weighted by molar-refractivity contribution is 5.37. The minimum atomic E-state index is -4.41. The first-order valence-corrected chi connectivity index (χ1v) is 4.70. The van der Waals surface area contributed by atoms with Crippen molar-refractivity contribution >= 4 is 0 Å². The van der Waals surface area contributed by atoms with E-state index in [0.717, 1.165) is 16.8 Å². The maximum absolute atomic E-state index is 12.5. The fourth-order valence-electron chi connectivity index (χ4n) is 1.40. The van der Waals surface area contributed by atoms with Crippen LogP contribution in [0, 0.1) is 0 Å². The number of aliphatic hydroxyl groups excluding tert-OH is 1. The van der Waals surface area contributed by atoms with Crippen LogP contribution in [-0.2, 0) is 12.8 Å². The number of hydrogen-bond acceptors (Lipinski definition) is 3. The predicted molar refractivity (Wildman–Crippen MR) is 52.3 cm³/mol. The summed E-state index contributed by atoms with van der Waals surface area (Å²) >= 11 is 0. The van der Waals surface area contributed by atoms with Gasteiger partial charge in [-0.3, -0.25) is 0 Å². The van der Waals surface area contributed by atoms with Crippen LogP contribution in [0.1, 0.15) is 11.3 Å². The molecule has 0 saturated carbocycles. The summed E-state index contributed by atoms with van der Waals surface area (Å²) in [6.45, 7) is -0.344. The molecule has 1 aromatic heterocycles. The van der Waals surface area contributed by atoms with Crippen molar-refractivity contribution in [3.8, 4) is 5.69 Å². The van der Waals surface area contributed by atoms with E-state index >= 15 is 0 Å². The highest BCUT2D eigenvalue weighted by Gasteiger charge is 2.30. The third-order valence-electron chi connectivity index (χ3n) is 2.20. The molecule has 0 saturated heterocycles. The zero-order chi connectivity index (χ0) is 12.5. The van der Waals surface area contributed by atoms with Crippen LogP contribution in [0.15, 0.2) is 30.5 Å². The van der Waals surface area contributed by atoms with Gasteiger partial charge in [-0.05, 0) is 18.2 Å². The van der Waals surface area contributed by atoms with Crippen molar-refractivity contribution in [1.82, 2.24) is 15.0 Å². The Morgan fingerprint density at radius 3 is 2.71 bits per heavy atom. The lowest BCUT2D eigenvalue weighted by Crippen LogP contribution is -2.08. The van der Waals surface area contributed by atoms with Crippen LogP contribution in [0.4, 0.5) is 13.2 Å². The molecule has 0 aliphatic heterocycles. The number of halogens is 3. The van der Waals surface area contributed by atoms with E-state index in [1.807, 2.05) is 0 Å². The van der Waals surface area contributed by atoms with Crippen LogP contribution >= 0.6 is 0 Å². The van der Waals surface area contributed by atoms with Crippen molar-refractivity contribution in [3.63, 3.8) is 0 Å². The van der Waals surface area contributed by atoms with Gasteiger partial charge in [0.05, 0.1) is 29.7 Å². The summed E-state index contributed by atoms with van der Waals surface area (Å²) in [5.74, 6) is 0. The van der Waals surface area contributed by atoms with Gasteiger partial charge in [-0.15, -0.1) is 5.10 Å². The summed E-state index contributed by atoms with van der Waals surface area (Å²) in [6.07, 6.45) is -3.11. The van der Waals surface area contributed by atoms with Gasteiger partial charge in [0.25, 0.3) is 0 Å². The van der Waals surface area contributed by atoms with Gasteiger partial charge in [0.1, 0.15) is 0 Å². The monoisotopic (exact) mass is 243 g/mol. The number of benzene rings is 1. The SMILES string of the molecule is OCc1cnnn1-c1cccc(C(F)(F)F)c1. The van der Waals surface area contributed by atoms with Gasteiger partial charge in [-0.25, -0.2) is 4.68 Å². The van der Waals surface area contributed by atoms with Gasteiger partial charge in [0.15, 0.2) is 0 Å². The van der Waals surface area contributed by atoms with Crippen molar-refractivity contribution < 1.29 is 18.3 Å². The lowest BCUT2D eigenvalue weighted by molar-refractivity contribution is -0.137. The number of alkyl halides is 3. The Labute approximate surface area is 94.3 Å². The molecular formula is C10H8F3N3O. The van der Waals surface area contributed by atoms with Crippen molar-refractivity contribution in [2.45, 2.75) is 12.8 Å². The van der Waals surface area contributed by atoms with E-state index in [1.165, 1.54) is 18.3 Å². The standard InChI is InChI=1S/C10H8F3N3O/c11-10(12,13)7-2-1-3-8(4-7)16-9(6-17)5-14-15-16/h1-5,17H,6H2. The van der Waals surface area contributed by atoms with Crippen molar-refractivity contribution in [2.24, 2.45) is 0 Å². The summed E-state index contributed by atoms with van der Waals surface area (Å²) in [7, 11) is 0. The molecule has 0 aliphatic carbocycles. The van der Waals surface area contributed by atoms with E-state index in [9.17, 15) is 13.2 Å². The molecule has 0 amide bonds. The zero-order valence-corrected chi connectivity index (χ0v) is 8.52. The van der Waals surface area contributed by atoms with Gasteiger partial charge in [0, 0.05) is 0 Å². The van der Waals surface area contributed by atoms with E-state index in [4.69, 9.17) is 5.11 Å². The van der Waals surface area contributed by atoms with Gasteiger partial charge in [-0.2, -0.15) is 13.2 Å². The average molecular weight is 243 g/mol. The van der Waals surface area contributed by atoms with Crippen LogP contribution in [0.3, 0.4) is 0 Å². The molecule has 90 valence electrons. The molecule has 1 heterocycles. The van der Waals surface area contributed by atoms with E-state index in [0.29, 0.717) is 5.69 Å². The topological polar surface area (TPSA) is 50.9 Å². The Hall–Kier alpha value is -1.89. The molecule has 0 spiro atoms. The molecule has 17 heavy (non-hydrogen) atoms. The average Bonchev–Trinajstić information content (AvgIpc) is 2.76. The number of nitrogens with zero attached hydrogens (tertiary/aromatic N) is 3. The molecule has 1 N–H and O–H groups in total. The third-order valence-corrected chi connectivity index (χ3v) is 2.20. The molecule has 4 nitrogen and oxygen atoms in total. The zero-order valence-electron chi connectivity index (χ0n) is 8.52. The van der Waals surface area contributed by atoms with Crippen LogP contribution in [0.25, 0.3) is 5.69 Å². The molecule has 0 atom stereocenters. The van der Waals surface area contributed by atoms with E-state index in [2.05, 4.69) is 10.3 Å². The molecule has 1 aromatic carbocycles. The summed E-state index contributed by atoms with van der Waals surface area (Å²) in [6, 6.07) is 4.66. The summed E-state index contributed by atoms with van der Waals surface area (Å²) in [5, 5.41) is 16.1. The first-order valence-electron chi connectivity index (χ1n) is 4.70. The van der Waals surface area contributed by atoms with Crippen molar-refractivity contribution in [2.75, 3.05) is 0 Å². The van der Waals surface area contributed by atoms with Crippen LogP contribution in [0.2, 0.25) is 0 Å². The van der Waals surface area contributed by atoms with Gasteiger partial charge in [0.2, 0.25) is 0 Å². The number of rotatable bonds is 2. The van der Waals surface area contributed by atoms with Gasteiger partial charge in [-0.1, -0.05) is 11.3 Å². The number of aromatic nitrogens is 3. The molecule has 7 heteroatoms. The first kappa shape index (κ1) is 11.6. The third kappa shape index (κ3) is 2.28. The fraction of sp³-hybridized carbons (Fsp3) is 0.200. The minimum Gasteiger partial charge on any atom is -0.390 e. The Balaban J connectivity index is 2.47. The van der Waals surface area contributed by atoms with Crippen LogP contribution in [-0.4, -0.2) is 20.1 Å². The predicted octanol–water partition coefficient (Wildman–Crippen LogP) is 1.78. The lowest BCUT2D eigenvalue weighted by Gasteiger charge is -2.09. The maximum atomic E-state index is 12.5. The maximum Gasteiger partial charge on any atom is 0.416 e. The fourth-order valence-corrected chi connectivity index (χ4v) is 1.40. The second kappa shape index (κ2) is 4.17. The largest absolute Gasteiger partial charge is 0.416 e. The van der Waals surface area contributed by atoms with E-state index < -0.39 is 11.7 Å². The number of hydrogen-bond donors (Lipinski definition) is 1. The smallest absolute Gasteiger partial charge is 0.390 e. The van der Waals surface area contributed by atoms with Gasteiger partial charge >= 0.3 is 6.18 Å². The van der Waals surface area contributed by atoms with Gasteiger partial charge < -0.3 is 5.11 Å². The molecule has 0 unspecified atom stereocenters. The Morgan fingerprint density at radius 2 is 2.06 bits per heavy atom. The van der Waals surface area contributed by atoms with Crippen molar-refractivity contribution in [1.29, 1.82) is 0 Å². The second-order valence-corrected chi connectivity index (χ2v) is 3.34. The quantitative estimate of drug-likeness (QED) is 0.874. The van der Waals surface area contributed by atoms with Crippen LogP contribution < -0.4 is 0 Å². The first-order chi connectivity index (χ1) is 8.02. The molecule has 2 rings (SSSR count). The molecule has 2 aromatic rings. The molecule has 0 bridgehead atoms. The van der Waals surface area contributed by atoms with E-state index in [-0.39, 0.29) is 12.3 Å². The summed E-state index contributed by atoms with van der Waals surface area (Å²) in [4.78, 5) is 0. The molecule has 0 aliphatic rings. The second-order valence-electron chi connectivity index (χ2n) is 3.34. The highest BCUT2D eigenvalue weighted by Crippen LogP contribution is 2.30. The Bertz CT molecular complexity index is 522. The minimum absolute atomic E-state index is 0.210. The summed E-state index contributed by atoms with van der Waals surface area (Å²) in [5.41, 5.74) is -0.236. The molecule has 0 fully saturated rings. The molecule has 0 radical (unpaired) electrons. The Morgan fingerprint density at radius 1 is 1.29 bits per heavy atom. The Kier molecular flexibility index (Phi) is 2.84. The normalized spacial score (nSPS) is 11.8. The summed E-state index contributed by atoms with van der Waals surface area (Å²) < 4.78 is 38.7. The van der Waals surface area contributed by atoms with Crippen LogP contribution in [0.5, 0.6) is 0 Å². The molecular weight excluding hydrogens is 235 g/mol. The highest BCUT2D eigenvalue weighted by atomic mass is 19.4. The van der Waals surface area contributed by atoms with Crippen molar-refractivity contribution in [3.05, 3.63) is 41.7 Å². The number of aliphatic hydroxyl groups is 1.